The Labute approximate surface area is 156 Å². The largest absolute Gasteiger partial charge is 0.368 e. The Bertz CT molecular complexity index is 833. The van der Waals surface area contributed by atoms with Crippen molar-refractivity contribution in [3.8, 4) is 10.4 Å². The second-order valence-corrected chi connectivity index (χ2v) is 7.74. The summed E-state index contributed by atoms with van der Waals surface area (Å²) in [7, 11) is 0. The third-order valence-electron chi connectivity index (χ3n) is 4.49. The van der Waals surface area contributed by atoms with Crippen LogP contribution in [0.15, 0.2) is 18.3 Å². The molecule has 0 aromatic carbocycles. The first-order valence-electron chi connectivity index (χ1n) is 8.67. The number of aromatic nitrogens is 2. The molecule has 0 aliphatic carbocycles. The number of hydrogen-bond acceptors (Lipinski definition) is 5. The van der Waals surface area contributed by atoms with E-state index >= 15 is 0 Å². The number of aryl methyl sites for hydroxylation is 1. The van der Waals surface area contributed by atoms with E-state index in [2.05, 4.69) is 35.2 Å². The molecule has 0 spiro atoms. The maximum atomic E-state index is 12.5. The molecule has 26 heavy (non-hydrogen) atoms. The van der Waals surface area contributed by atoms with Crippen LogP contribution in [0.25, 0.3) is 10.4 Å². The number of carbonyl (C=O) groups is 2. The summed E-state index contributed by atoms with van der Waals surface area (Å²) in [6, 6.07) is 3.13. The van der Waals surface area contributed by atoms with Crippen LogP contribution in [0.5, 0.6) is 0 Å². The summed E-state index contributed by atoms with van der Waals surface area (Å²) in [5, 5.41) is 3.32. The molecule has 1 atom stereocenters. The summed E-state index contributed by atoms with van der Waals surface area (Å²) < 4.78 is 0. The first-order chi connectivity index (χ1) is 12.4. The number of amides is 3. The second-order valence-electron chi connectivity index (χ2n) is 6.74. The van der Waals surface area contributed by atoms with E-state index in [0.717, 1.165) is 28.2 Å². The van der Waals surface area contributed by atoms with Crippen molar-refractivity contribution >= 4 is 28.4 Å². The third-order valence-corrected chi connectivity index (χ3v) is 5.61. The molecule has 3 rings (SSSR count). The van der Waals surface area contributed by atoms with Crippen LogP contribution < -0.4 is 11.1 Å². The average Bonchev–Trinajstić information content (AvgIpc) is 3.21. The van der Waals surface area contributed by atoms with Crippen LogP contribution >= 0.6 is 11.3 Å². The summed E-state index contributed by atoms with van der Waals surface area (Å²) in [5.41, 5.74) is 8.28. The Balaban J connectivity index is 1.79. The highest BCUT2D eigenvalue weighted by atomic mass is 32.1. The van der Waals surface area contributed by atoms with Crippen molar-refractivity contribution in [1.29, 1.82) is 0 Å². The minimum Gasteiger partial charge on any atom is -0.368 e. The highest BCUT2D eigenvalue weighted by molar-refractivity contribution is 7.19. The molecular weight excluding hydrogens is 350 g/mol. The molecule has 1 aliphatic rings. The Hall–Kier alpha value is -2.48. The topological polar surface area (TPSA) is 101 Å². The van der Waals surface area contributed by atoms with Gasteiger partial charge in [0.15, 0.2) is 5.13 Å². The van der Waals surface area contributed by atoms with Crippen LogP contribution in [-0.4, -0.2) is 39.4 Å². The number of rotatable bonds is 4. The van der Waals surface area contributed by atoms with Gasteiger partial charge in [-0.05, 0) is 43.4 Å². The molecule has 2 aromatic rings. The molecule has 3 heterocycles. The van der Waals surface area contributed by atoms with Crippen molar-refractivity contribution in [3.63, 3.8) is 0 Å². The number of urea groups is 1. The van der Waals surface area contributed by atoms with Gasteiger partial charge in [-0.1, -0.05) is 25.2 Å². The number of thiazole rings is 1. The van der Waals surface area contributed by atoms with Crippen molar-refractivity contribution in [2.45, 2.75) is 45.6 Å². The molecular formula is C18H23N5O2S. The first-order valence-corrected chi connectivity index (χ1v) is 9.49. The average molecular weight is 373 g/mol. The van der Waals surface area contributed by atoms with Crippen LogP contribution in [-0.2, 0) is 4.79 Å². The van der Waals surface area contributed by atoms with E-state index in [1.165, 1.54) is 16.2 Å². The van der Waals surface area contributed by atoms with Crippen molar-refractivity contribution in [1.82, 2.24) is 14.9 Å². The lowest BCUT2D eigenvalue weighted by Crippen LogP contribution is -2.45. The van der Waals surface area contributed by atoms with E-state index < -0.39 is 11.9 Å². The van der Waals surface area contributed by atoms with Gasteiger partial charge in [-0.15, -0.1) is 0 Å². The molecule has 1 aliphatic heterocycles. The lowest BCUT2D eigenvalue weighted by atomic mass is 10.1. The fourth-order valence-corrected chi connectivity index (χ4v) is 4.04. The number of hydrogen-bond donors (Lipinski definition) is 2. The molecule has 138 valence electrons. The summed E-state index contributed by atoms with van der Waals surface area (Å²) in [5.74, 6) is -0.130. The van der Waals surface area contributed by atoms with Crippen molar-refractivity contribution in [2.75, 3.05) is 11.9 Å². The first kappa shape index (κ1) is 18.3. The predicted octanol–water partition coefficient (Wildman–Crippen LogP) is 3.12. The van der Waals surface area contributed by atoms with Gasteiger partial charge in [0.05, 0.1) is 10.6 Å². The fraction of sp³-hybridized carbons (Fsp3) is 0.444. The molecule has 7 nitrogen and oxygen atoms in total. The van der Waals surface area contributed by atoms with E-state index in [1.54, 1.807) is 6.20 Å². The molecule has 8 heteroatoms. The predicted molar refractivity (Wildman–Crippen MR) is 102 cm³/mol. The monoisotopic (exact) mass is 373 g/mol. The smallest absolute Gasteiger partial charge is 0.324 e. The molecule has 1 saturated heterocycles. The van der Waals surface area contributed by atoms with Gasteiger partial charge >= 0.3 is 6.03 Å². The van der Waals surface area contributed by atoms with E-state index in [1.807, 2.05) is 13.0 Å². The van der Waals surface area contributed by atoms with Crippen LogP contribution in [0.1, 0.15) is 44.0 Å². The fourth-order valence-electron chi connectivity index (χ4n) is 3.09. The summed E-state index contributed by atoms with van der Waals surface area (Å²) >= 11 is 1.42. The quantitative estimate of drug-likeness (QED) is 0.859. The molecule has 0 radical (unpaired) electrons. The van der Waals surface area contributed by atoms with Gasteiger partial charge in [0.2, 0.25) is 5.91 Å². The van der Waals surface area contributed by atoms with Gasteiger partial charge in [-0.2, -0.15) is 0 Å². The van der Waals surface area contributed by atoms with Crippen LogP contribution in [0.3, 0.4) is 0 Å². The number of nitrogens with two attached hydrogens (primary N) is 1. The second kappa shape index (κ2) is 7.41. The van der Waals surface area contributed by atoms with E-state index in [-0.39, 0.29) is 6.03 Å². The molecule has 3 N–H and O–H groups in total. The number of primary amides is 1. The Morgan fingerprint density at radius 3 is 2.88 bits per heavy atom. The Kier molecular flexibility index (Phi) is 5.22. The zero-order valence-electron chi connectivity index (χ0n) is 15.2. The lowest BCUT2D eigenvalue weighted by Gasteiger charge is -2.21. The summed E-state index contributed by atoms with van der Waals surface area (Å²) in [4.78, 5) is 35.3. The molecule has 3 amide bonds. The number of likely N-dealkylation sites (tertiary alicyclic amines) is 1. The van der Waals surface area contributed by atoms with Gasteiger partial charge in [0.1, 0.15) is 6.04 Å². The van der Waals surface area contributed by atoms with E-state index in [4.69, 9.17) is 5.73 Å². The van der Waals surface area contributed by atoms with Gasteiger partial charge in [0.25, 0.3) is 0 Å². The van der Waals surface area contributed by atoms with Gasteiger partial charge in [-0.25, -0.2) is 9.78 Å². The summed E-state index contributed by atoms with van der Waals surface area (Å²) in [6.45, 7) is 6.64. The Morgan fingerprint density at radius 1 is 1.42 bits per heavy atom. The summed E-state index contributed by atoms with van der Waals surface area (Å²) in [6.07, 6.45) is 3.18. The minimum absolute atomic E-state index is 0.329. The minimum atomic E-state index is -0.538. The highest BCUT2D eigenvalue weighted by Gasteiger charge is 2.33. The normalized spacial score (nSPS) is 16.9. The molecule has 0 saturated carbocycles. The molecule has 2 aromatic heterocycles. The highest BCUT2D eigenvalue weighted by Crippen LogP contribution is 2.34. The van der Waals surface area contributed by atoms with Gasteiger partial charge < -0.3 is 10.6 Å². The number of nitrogens with zero attached hydrogens (tertiary/aromatic N) is 3. The van der Waals surface area contributed by atoms with Crippen molar-refractivity contribution in [2.24, 2.45) is 5.73 Å². The maximum Gasteiger partial charge on any atom is 0.324 e. The Morgan fingerprint density at radius 2 is 2.19 bits per heavy atom. The number of anilines is 1. The lowest BCUT2D eigenvalue weighted by molar-refractivity contribution is -0.121. The van der Waals surface area contributed by atoms with Crippen LogP contribution in [0.4, 0.5) is 9.93 Å². The van der Waals surface area contributed by atoms with Gasteiger partial charge in [-0.3, -0.25) is 15.1 Å². The van der Waals surface area contributed by atoms with Gasteiger partial charge in [0, 0.05) is 18.4 Å². The molecule has 1 fully saturated rings. The van der Waals surface area contributed by atoms with E-state index in [9.17, 15) is 9.59 Å². The SMILES string of the molecule is Cc1nc(NC(=O)N2CCCC2C(N)=O)sc1-c1ccnc(C(C)C)c1. The zero-order valence-corrected chi connectivity index (χ0v) is 16.0. The zero-order chi connectivity index (χ0) is 18.8. The molecule has 1 unspecified atom stereocenters. The standard InChI is InChI=1S/C18H23N5O2S/c1-10(2)13-9-12(6-7-20-13)15-11(3)21-17(26-15)22-18(25)23-8-4-5-14(23)16(19)24/h6-7,9-10,14H,4-5,8H2,1-3H3,(H2,19,24)(H,21,22,25). The van der Waals surface area contributed by atoms with Crippen molar-refractivity contribution < 1.29 is 9.59 Å². The number of pyridine rings is 1. The van der Waals surface area contributed by atoms with E-state index in [0.29, 0.717) is 24.0 Å². The van der Waals surface area contributed by atoms with Crippen molar-refractivity contribution in [3.05, 3.63) is 29.7 Å². The number of carbonyl (C=O) groups excluding carboxylic acids is 2. The molecule has 0 bridgehead atoms. The van der Waals surface area contributed by atoms with Crippen LogP contribution in [0.2, 0.25) is 0 Å². The number of nitrogens with one attached hydrogen (secondary N) is 1. The van der Waals surface area contributed by atoms with Crippen LogP contribution in [0, 0.1) is 6.92 Å². The third kappa shape index (κ3) is 3.70. The maximum absolute atomic E-state index is 12.5.